The Balaban J connectivity index is 2.78. The standard InChI is InChI=1S/C9H13NO4/c11-4-2-8(13)9(14)7-5-6(12)1-3-10-7/h1,3,5,8-9,11,13-14H,2,4H2,(H,10,12). The van der Waals surface area contributed by atoms with Gasteiger partial charge < -0.3 is 20.3 Å². The van der Waals surface area contributed by atoms with Gasteiger partial charge in [0, 0.05) is 24.9 Å². The molecule has 0 aromatic carbocycles. The van der Waals surface area contributed by atoms with Crippen LogP contribution in [0.3, 0.4) is 0 Å². The second-order valence-electron chi connectivity index (χ2n) is 3.00. The molecule has 0 spiro atoms. The lowest BCUT2D eigenvalue weighted by molar-refractivity contribution is 0.00187. The molecule has 0 radical (unpaired) electrons. The van der Waals surface area contributed by atoms with Gasteiger partial charge >= 0.3 is 0 Å². The highest BCUT2D eigenvalue weighted by Gasteiger charge is 2.18. The fraction of sp³-hybridized carbons (Fsp3) is 0.444. The number of aliphatic hydroxyl groups is 3. The van der Waals surface area contributed by atoms with Gasteiger partial charge in [-0.15, -0.1) is 0 Å². The van der Waals surface area contributed by atoms with E-state index in [1.807, 2.05) is 0 Å². The molecule has 1 heterocycles. The first-order chi connectivity index (χ1) is 6.65. The summed E-state index contributed by atoms with van der Waals surface area (Å²) >= 11 is 0. The molecular weight excluding hydrogens is 186 g/mol. The highest BCUT2D eigenvalue weighted by atomic mass is 16.3. The zero-order valence-electron chi connectivity index (χ0n) is 7.55. The summed E-state index contributed by atoms with van der Waals surface area (Å²) in [6.07, 6.45) is -0.779. The molecule has 14 heavy (non-hydrogen) atoms. The smallest absolute Gasteiger partial charge is 0.181 e. The molecule has 1 aromatic rings. The zero-order chi connectivity index (χ0) is 10.6. The van der Waals surface area contributed by atoms with Crippen molar-refractivity contribution in [3.63, 3.8) is 0 Å². The maximum Gasteiger partial charge on any atom is 0.181 e. The molecule has 0 amide bonds. The van der Waals surface area contributed by atoms with E-state index in [0.29, 0.717) is 0 Å². The normalized spacial score (nSPS) is 15.1. The van der Waals surface area contributed by atoms with Crippen molar-refractivity contribution in [1.29, 1.82) is 0 Å². The number of aromatic amines is 1. The average Bonchev–Trinajstić information content (AvgIpc) is 2.17. The van der Waals surface area contributed by atoms with E-state index in [-0.39, 0.29) is 24.2 Å². The van der Waals surface area contributed by atoms with E-state index in [1.54, 1.807) is 0 Å². The molecule has 78 valence electrons. The van der Waals surface area contributed by atoms with Crippen LogP contribution in [0.2, 0.25) is 0 Å². The highest BCUT2D eigenvalue weighted by Crippen LogP contribution is 2.14. The summed E-state index contributed by atoms with van der Waals surface area (Å²) in [6, 6.07) is 2.53. The molecule has 1 aromatic heterocycles. The molecule has 0 bridgehead atoms. The Labute approximate surface area is 80.7 Å². The second-order valence-corrected chi connectivity index (χ2v) is 3.00. The molecule has 0 aliphatic carbocycles. The monoisotopic (exact) mass is 199 g/mol. The molecule has 0 saturated carbocycles. The molecule has 2 unspecified atom stereocenters. The van der Waals surface area contributed by atoms with Crippen LogP contribution in [0, 0.1) is 0 Å². The topological polar surface area (TPSA) is 93.6 Å². The Morgan fingerprint density at radius 1 is 1.43 bits per heavy atom. The van der Waals surface area contributed by atoms with Crippen LogP contribution in [-0.2, 0) is 0 Å². The average molecular weight is 199 g/mol. The molecule has 0 aliphatic rings. The van der Waals surface area contributed by atoms with Crippen LogP contribution in [0.1, 0.15) is 18.2 Å². The lowest BCUT2D eigenvalue weighted by atomic mass is 10.1. The first-order valence-electron chi connectivity index (χ1n) is 4.31. The molecule has 5 heteroatoms. The Morgan fingerprint density at radius 2 is 2.14 bits per heavy atom. The van der Waals surface area contributed by atoms with Gasteiger partial charge in [0.15, 0.2) is 5.43 Å². The largest absolute Gasteiger partial charge is 0.396 e. The molecule has 4 N–H and O–H groups in total. The number of hydrogen-bond acceptors (Lipinski definition) is 4. The van der Waals surface area contributed by atoms with Gasteiger partial charge in [0.25, 0.3) is 0 Å². The van der Waals surface area contributed by atoms with Gasteiger partial charge in [0.1, 0.15) is 6.10 Å². The van der Waals surface area contributed by atoms with E-state index >= 15 is 0 Å². The highest BCUT2D eigenvalue weighted by molar-refractivity contribution is 5.08. The van der Waals surface area contributed by atoms with Crippen molar-refractivity contribution in [2.24, 2.45) is 0 Å². The van der Waals surface area contributed by atoms with Gasteiger partial charge in [-0.1, -0.05) is 0 Å². The van der Waals surface area contributed by atoms with E-state index in [0.717, 1.165) is 0 Å². The summed E-state index contributed by atoms with van der Waals surface area (Å²) in [7, 11) is 0. The van der Waals surface area contributed by atoms with Crippen LogP contribution >= 0.6 is 0 Å². The van der Waals surface area contributed by atoms with Crippen LogP contribution in [0.5, 0.6) is 0 Å². The maximum absolute atomic E-state index is 10.9. The van der Waals surface area contributed by atoms with E-state index in [4.69, 9.17) is 5.11 Å². The molecule has 0 fully saturated rings. The Bertz CT molecular complexity index is 336. The number of hydrogen-bond donors (Lipinski definition) is 4. The predicted molar refractivity (Wildman–Crippen MR) is 49.7 cm³/mol. The lowest BCUT2D eigenvalue weighted by Crippen LogP contribution is -2.21. The van der Waals surface area contributed by atoms with E-state index in [1.165, 1.54) is 18.3 Å². The van der Waals surface area contributed by atoms with Crippen LogP contribution < -0.4 is 5.43 Å². The summed E-state index contributed by atoms with van der Waals surface area (Å²) < 4.78 is 0. The summed E-state index contributed by atoms with van der Waals surface area (Å²) in [5, 5.41) is 27.4. The first-order valence-corrected chi connectivity index (χ1v) is 4.31. The van der Waals surface area contributed by atoms with Crippen molar-refractivity contribution in [3.05, 3.63) is 34.2 Å². The molecule has 0 aliphatic heterocycles. The number of aliphatic hydroxyl groups excluding tert-OH is 3. The third-order valence-electron chi connectivity index (χ3n) is 1.90. The lowest BCUT2D eigenvalue weighted by Gasteiger charge is -2.16. The Morgan fingerprint density at radius 3 is 2.71 bits per heavy atom. The van der Waals surface area contributed by atoms with Crippen molar-refractivity contribution in [2.45, 2.75) is 18.6 Å². The minimum Gasteiger partial charge on any atom is -0.396 e. The number of nitrogens with one attached hydrogen (secondary N) is 1. The summed E-state index contributed by atoms with van der Waals surface area (Å²) in [5.74, 6) is 0. The zero-order valence-corrected chi connectivity index (χ0v) is 7.55. The van der Waals surface area contributed by atoms with Crippen molar-refractivity contribution in [1.82, 2.24) is 4.98 Å². The van der Waals surface area contributed by atoms with Gasteiger partial charge in [-0.25, -0.2) is 0 Å². The summed E-state index contributed by atoms with van der Waals surface area (Å²) in [5.41, 5.74) is 0.00690. The molecule has 2 atom stereocenters. The molecule has 5 nitrogen and oxygen atoms in total. The fourth-order valence-corrected chi connectivity index (χ4v) is 1.13. The maximum atomic E-state index is 10.9. The number of aromatic nitrogens is 1. The first kappa shape index (κ1) is 10.9. The fourth-order valence-electron chi connectivity index (χ4n) is 1.13. The second kappa shape index (κ2) is 4.90. The molecule has 1 rings (SSSR count). The number of rotatable bonds is 4. The van der Waals surface area contributed by atoms with Crippen LogP contribution in [0.25, 0.3) is 0 Å². The van der Waals surface area contributed by atoms with Crippen LogP contribution in [0.15, 0.2) is 23.1 Å². The SMILES string of the molecule is O=c1cc[nH]c(C(O)C(O)CCO)c1. The van der Waals surface area contributed by atoms with Crippen LogP contribution in [0.4, 0.5) is 0 Å². The minimum absolute atomic E-state index is 0.0676. The summed E-state index contributed by atoms with van der Waals surface area (Å²) in [6.45, 7) is -0.213. The van der Waals surface area contributed by atoms with Crippen molar-refractivity contribution < 1.29 is 15.3 Å². The number of H-pyrrole nitrogens is 1. The minimum atomic E-state index is -1.17. The number of pyridine rings is 1. The van der Waals surface area contributed by atoms with Crippen molar-refractivity contribution >= 4 is 0 Å². The quantitative estimate of drug-likeness (QED) is 0.508. The van der Waals surface area contributed by atoms with E-state index in [2.05, 4.69) is 4.98 Å². The predicted octanol–water partition coefficient (Wildman–Crippen LogP) is -0.848. The van der Waals surface area contributed by atoms with Gasteiger partial charge in [-0.05, 0) is 6.42 Å². The molecule has 0 saturated heterocycles. The van der Waals surface area contributed by atoms with E-state index < -0.39 is 12.2 Å². The van der Waals surface area contributed by atoms with Gasteiger partial charge in [-0.3, -0.25) is 4.79 Å². The Hall–Kier alpha value is -1.17. The van der Waals surface area contributed by atoms with Crippen molar-refractivity contribution in [2.75, 3.05) is 6.61 Å². The van der Waals surface area contributed by atoms with Gasteiger partial charge in [0.05, 0.1) is 11.8 Å². The third kappa shape index (κ3) is 2.66. The molecular formula is C9H13NO4. The van der Waals surface area contributed by atoms with E-state index in [9.17, 15) is 15.0 Å². The third-order valence-corrected chi connectivity index (χ3v) is 1.90. The Kier molecular flexibility index (Phi) is 3.82. The van der Waals surface area contributed by atoms with Crippen LogP contribution in [-0.4, -0.2) is 33.0 Å². The van der Waals surface area contributed by atoms with Crippen molar-refractivity contribution in [3.8, 4) is 0 Å². The van der Waals surface area contributed by atoms with Gasteiger partial charge in [-0.2, -0.15) is 0 Å². The summed E-state index contributed by atoms with van der Waals surface area (Å²) in [4.78, 5) is 13.6. The van der Waals surface area contributed by atoms with Gasteiger partial charge in [0.2, 0.25) is 0 Å².